The van der Waals surface area contributed by atoms with Crippen LogP contribution in [0.5, 0.6) is 0 Å². The fourth-order valence-electron chi connectivity index (χ4n) is 2.03. The lowest BCUT2D eigenvalue weighted by Gasteiger charge is -2.23. The summed E-state index contributed by atoms with van der Waals surface area (Å²) in [4.78, 5) is 23.4. The van der Waals surface area contributed by atoms with Crippen molar-refractivity contribution in [3.8, 4) is 0 Å². The summed E-state index contributed by atoms with van der Waals surface area (Å²) >= 11 is 4.14. The van der Waals surface area contributed by atoms with Gasteiger partial charge in [-0.05, 0) is 28.1 Å². The number of nitrogens with zero attached hydrogens (tertiary/aromatic N) is 2. The maximum Gasteiger partial charge on any atom is 0.406 e. The second-order valence-corrected chi connectivity index (χ2v) is 7.23. The molecule has 0 saturated carbocycles. The number of hydrogen-bond donors (Lipinski definition) is 0. The third-order valence-corrected chi connectivity index (χ3v) is 4.60. The van der Waals surface area contributed by atoms with Crippen LogP contribution in [-0.2, 0) is 6.54 Å². The van der Waals surface area contributed by atoms with Crippen molar-refractivity contribution in [2.75, 3.05) is 6.54 Å². The van der Waals surface area contributed by atoms with Gasteiger partial charge < -0.3 is 4.90 Å². The van der Waals surface area contributed by atoms with E-state index in [0.717, 1.165) is 11.3 Å². The normalized spacial score (nSPS) is 11.3. The van der Waals surface area contributed by atoms with Crippen molar-refractivity contribution in [1.82, 2.24) is 4.90 Å². The van der Waals surface area contributed by atoms with Gasteiger partial charge in [0.15, 0.2) is 0 Å². The molecule has 1 aromatic heterocycles. The Hall–Kier alpha value is -1.94. The van der Waals surface area contributed by atoms with E-state index in [1.807, 2.05) is 0 Å². The zero-order valence-corrected chi connectivity index (χ0v) is 14.3. The van der Waals surface area contributed by atoms with Crippen molar-refractivity contribution in [1.29, 1.82) is 0 Å². The van der Waals surface area contributed by atoms with Gasteiger partial charge in [-0.3, -0.25) is 14.9 Å². The summed E-state index contributed by atoms with van der Waals surface area (Å²) in [6.45, 7) is -2.00. The number of nitro groups is 1. The largest absolute Gasteiger partial charge is 0.406 e. The number of hydrogen-bond acceptors (Lipinski definition) is 4. The molecule has 1 amide bonds. The van der Waals surface area contributed by atoms with Crippen molar-refractivity contribution in [2.45, 2.75) is 12.7 Å². The molecule has 24 heavy (non-hydrogen) atoms. The predicted molar refractivity (Wildman–Crippen MR) is 85.9 cm³/mol. The summed E-state index contributed by atoms with van der Waals surface area (Å²) in [5.74, 6) is -0.832. The predicted octanol–water partition coefficient (Wildman–Crippen LogP) is 4.62. The summed E-state index contributed by atoms with van der Waals surface area (Å²) in [5.41, 5.74) is -0.291. The minimum atomic E-state index is -4.62. The number of alkyl halides is 3. The smallest absolute Gasteiger partial charge is 0.324 e. The number of carbonyl (C=O) groups excluding carboxylic acids is 1. The third-order valence-electron chi connectivity index (χ3n) is 2.99. The molecule has 0 aliphatic rings. The molecule has 0 spiro atoms. The first-order chi connectivity index (χ1) is 11.2. The monoisotopic (exact) mass is 422 g/mol. The van der Waals surface area contributed by atoms with E-state index in [1.54, 1.807) is 6.07 Å². The highest BCUT2D eigenvalue weighted by Crippen LogP contribution is 2.27. The number of nitro benzene ring substituents is 1. The second kappa shape index (κ2) is 7.31. The lowest BCUT2D eigenvalue weighted by atomic mass is 10.1. The van der Waals surface area contributed by atoms with Crippen LogP contribution in [0.15, 0.2) is 40.2 Å². The highest BCUT2D eigenvalue weighted by Gasteiger charge is 2.34. The van der Waals surface area contributed by atoms with Crippen molar-refractivity contribution >= 4 is 38.9 Å². The standard InChI is InChI=1S/C14H10BrF3N2O3S/c15-12-6-5-11(24-12)13(21)19(8-14(16,17)18)7-9-3-1-2-4-10(9)20(22)23/h1-6H,7-8H2. The number of rotatable bonds is 5. The molecule has 128 valence electrons. The summed E-state index contributed by atoms with van der Waals surface area (Å²) in [5, 5.41) is 11.0. The summed E-state index contributed by atoms with van der Waals surface area (Å²) in [6.07, 6.45) is -4.62. The first kappa shape index (κ1) is 18.4. The van der Waals surface area contributed by atoms with Crippen LogP contribution < -0.4 is 0 Å². The molecule has 0 unspecified atom stereocenters. The Morgan fingerprint density at radius 2 is 1.92 bits per heavy atom. The topological polar surface area (TPSA) is 63.5 Å². The molecule has 0 atom stereocenters. The first-order valence-corrected chi connectivity index (χ1v) is 8.12. The van der Waals surface area contributed by atoms with Gasteiger partial charge in [0, 0.05) is 11.6 Å². The molecule has 5 nitrogen and oxygen atoms in total. The quantitative estimate of drug-likeness (QED) is 0.521. The molecule has 2 rings (SSSR count). The SMILES string of the molecule is O=C(c1ccc(Br)s1)N(Cc1ccccc1[N+](=O)[O-])CC(F)(F)F. The molecule has 0 N–H and O–H groups in total. The van der Waals surface area contributed by atoms with Gasteiger partial charge in [0.25, 0.3) is 11.6 Å². The van der Waals surface area contributed by atoms with E-state index in [0.29, 0.717) is 8.69 Å². The van der Waals surface area contributed by atoms with Crippen LogP contribution in [-0.4, -0.2) is 28.5 Å². The molecule has 0 saturated heterocycles. The van der Waals surface area contributed by atoms with E-state index in [1.165, 1.54) is 30.3 Å². The Bertz CT molecular complexity index is 764. The average Bonchev–Trinajstić information content (AvgIpc) is 2.91. The summed E-state index contributed by atoms with van der Waals surface area (Å²) in [7, 11) is 0. The van der Waals surface area contributed by atoms with Crippen molar-refractivity contribution < 1.29 is 22.9 Å². The van der Waals surface area contributed by atoms with Crippen LogP contribution in [0.25, 0.3) is 0 Å². The minimum Gasteiger partial charge on any atom is -0.324 e. The Balaban J connectivity index is 2.34. The van der Waals surface area contributed by atoms with Crippen LogP contribution in [0.3, 0.4) is 0 Å². The number of amides is 1. The number of para-hydroxylation sites is 1. The van der Waals surface area contributed by atoms with Gasteiger partial charge in [-0.25, -0.2) is 0 Å². The highest BCUT2D eigenvalue weighted by molar-refractivity contribution is 9.11. The van der Waals surface area contributed by atoms with E-state index in [2.05, 4.69) is 15.9 Å². The third kappa shape index (κ3) is 4.78. The van der Waals surface area contributed by atoms with Crippen molar-refractivity contribution in [2.24, 2.45) is 0 Å². The van der Waals surface area contributed by atoms with Gasteiger partial charge in [0.1, 0.15) is 6.54 Å². The lowest BCUT2D eigenvalue weighted by molar-refractivity contribution is -0.385. The molecular formula is C14H10BrF3N2O3S. The molecule has 1 heterocycles. The molecule has 0 bridgehead atoms. The van der Waals surface area contributed by atoms with E-state index in [-0.39, 0.29) is 16.1 Å². The molecular weight excluding hydrogens is 413 g/mol. The minimum absolute atomic E-state index is 0.0377. The van der Waals surface area contributed by atoms with E-state index >= 15 is 0 Å². The van der Waals surface area contributed by atoms with Gasteiger partial charge in [-0.1, -0.05) is 18.2 Å². The van der Waals surface area contributed by atoms with E-state index in [4.69, 9.17) is 0 Å². The fourth-order valence-corrected chi connectivity index (χ4v) is 3.38. The highest BCUT2D eigenvalue weighted by atomic mass is 79.9. The maximum absolute atomic E-state index is 12.8. The zero-order chi connectivity index (χ0) is 17.9. The molecule has 1 aromatic carbocycles. The van der Waals surface area contributed by atoms with Crippen LogP contribution in [0.2, 0.25) is 0 Å². The van der Waals surface area contributed by atoms with Gasteiger partial charge in [0.05, 0.1) is 20.1 Å². The molecule has 0 fully saturated rings. The Morgan fingerprint density at radius 1 is 1.25 bits per heavy atom. The molecule has 0 aliphatic carbocycles. The van der Waals surface area contributed by atoms with Crippen LogP contribution in [0.4, 0.5) is 18.9 Å². The Kier molecular flexibility index (Phi) is 5.60. The van der Waals surface area contributed by atoms with Gasteiger partial charge >= 0.3 is 6.18 Å². The second-order valence-electron chi connectivity index (χ2n) is 4.77. The van der Waals surface area contributed by atoms with Crippen LogP contribution >= 0.6 is 27.3 Å². The van der Waals surface area contributed by atoms with Gasteiger partial charge in [0.2, 0.25) is 0 Å². The van der Waals surface area contributed by atoms with Gasteiger partial charge in [-0.2, -0.15) is 13.2 Å². The Labute approximate surface area is 147 Å². The first-order valence-electron chi connectivity index (χ1n) is 6.51. The van der Waals surface area contributed by atoms with Gasteiger partial charge in [-0.15, -0.1) is 11.3 Å². The fraction of sp³-hybridized carbons (Fsp3) is 0.214. The van der Waals surface area contributed by atoms with Crippen LogP contribution in [0.1, 0.15) is 15.2 Å². The summed E-state index contributed by atoms with van der Waals surface area (Å²) < 4.78 is 39.0. The summed E-state index contributed by atoms with van der Waals surface area (Å²) in [6, 6.07) is 8.36. The number of carbonyl (C=O) groups is 1. The molecule has 0 radical (unpaired) electrons. The average molecular weight is 423 g/mol. The van der Waals surface area contributed by atoms with Crippen molar-refractivity contribution in [3.05, 3.63) is 60.7 Å². The molecule has 2 aromatic rings. The molecule has 10 heteroatoms. The number of halogens is 4. The van der Waals surface area contributed by atoms with Crippen LogP contribution in [0, 0.1) is 10.1 Å². The molecule has 0 aliphatic heterocycles. The zero-order valence-electron chi connectivity index (χ0n) is 11.9. The van der Waals surface area contributed by atoms with E-state index < -0.39 is 30.1 Å². The number of benzene rings is 1. The van der Waals surface area contributed by atoms with E-state index in [9.17, 15) is 28.1 Å². The Morgan fingerprint density at radius 3 is 2.46 bits per heavy atom. The lowest BCUT2D eigenvalue weighted by Crippen LogP contribution is -2.38. The van der Waals surface area contributed by atoms with Crippen molar-refractivity contribution in [3.63, 3.8) is 0 Å². The maximum atomic E-state index is 12.8. The number of thiophene rings is 1.